The number of carboxylic acid groups (broad SMARTS) is 1. The molecule has 12 nitrogen and oxygen atoms in total. The lowest BCUT2D eigenvalue weighted by Gasteiger charge is -2.24. The third kappa shape index (κ3) is 9.95. The maximum atomic E-state index is 13.0. The van der Waals surface area contributed by atoms with Gasteiger partial charge in [0.2, 0.25) is 5.91 Å². The molecule has 0 saturated carbocycles. The Morgan fingerprint density at radius 2 is 1.97 bits per heavy atom. The number of halogens is 1. The predicted octanol–water partition coefficient (Wildman–Crippen LogP) is 1.15. The second-order valence-electron chi connectivity index (χ2n) is 8.13. The van der Waals surface area contributed by atoms with Gasteiger partial charge in [-0.25, -0.2) is 4.98 Å². The summed E-state index contributed by atoms with van der Waals surface area (Å²) in [5.41, 5.74) is -0.600. The first-order valence-corrected chi connectivity index (χ1v) is 11.8. The zero-order chi connectivity index (χ0) is 26.5. The molecule has 194 valence electrons. The summed E-state index contributed by atoms with van der Waals surface area (Å²) in [5.74, 6) is -1.94. The SMILES string of the molecule is CCC(C(=O)NC(CC(=O)O)C(=O)CN(C)CCCCCl)n1ccnc(NCC(=N)C(C)=N)c1=O. The number of amides is 1. The Kier molecular flexibility index (Phi) is 12.8. The highest BCUT2D eigenvalue weighted by atomic mass is 35.5. The molecule has 1 heterocycles. The fourth-order valence-electron chi connectivity index (χ4n) is 3.22. The molecule has 0 fully saturated rings. The summed E-state index contributed by atoms with van der Waals surface area (Å²) in [4.78, 5) is 55.7. The van der Waals surface area contributed by atoms with Crippen LogP contribution in [0.3, 0.4) is 0 Å². The summed E-state index contributed by atoms with van der Waals surface area (Å²) in [7, 11) is 1.73. The van der Waals surface area contributed by atoms with E-state index in [9.17, 15) is 24.3 Å². The second kappa shape index (κ2) is 15.0. The van der Waals surface area contributed by atoms with Crippen LogP contribution in [-0.4, -0.2) is 87.2 Å². The fourth-order valence-corrected chi connectivity index (χ4v) is 3.41. The molecular weight excluding hydrogens is 478 g/mol. The first-order valence-electron chi connectivity index (χ1n) is 11.2. The highest BCUT2D eigenvalue weighted by Gasteiger charge is 2.28. The summed E-state index contributed by atoms with van der Waals surface area (Å²) in [6.45, 7) is 3.60. The highest BCUT2D eigenvalue weighted by molar-refractivity contribution is 6.40. The zero-order valence-corrected chi connectivity index (χ0v) is 21.0. The van der Waals surface area contributed by atoms with Crippen LogP contribution in [0.4, 0.5) is 5.82 Å². The Morgan fingerprint density at radius 3 is 2.54 bits per heavy atom. The Hall–Kier alpha value is -3.12. The average Bonchev–Trinajstić information content (AvgIpc) is 2.78. The van der Waals surface area contributed by atoms with Gasteiger partial charge >= 0.3 is 5.97 Å². The van der Waals surface area contributed by atoms with Gasteiger partial charge in [0, 0.05) is 18.3 Å². The lowest BCUT2D eigenvalue weighted by molar-refractivity contribution is -0.140. The molecule has 13 heteroatoms. The first kappa shape index (κ1) is 29.9. The molecule has 1 rings (SSSR count). The van der Waals surface area contributed by atoms with Gasteiger partial charge in [0.05, 0.1) is 37.0 Å². The molecule has 0 aliphatic rings. The summed E-state index contributed by atoms with van der Waals surface area (Å²) >= 11 is 5.67. The van der Waals surface area contributed by atoms with E-state index < -0.39 is 41.7 Å². The van der Waals surface area contributed by atoms with E-state index in [2.05, 4.69) is 15.6 Å². The van der Waals surface area contributed by atoms with Crippen molar-refractivity contribution < 1.29 is 19.5 Å². The van der Waals surface area contributed by atoms with Crippen LogP contribution in [0.2, 0.25) is 0 Å². The van der Waals surface area contributed by atoms with Crippen LogP contribution < -0.4 is 16.2 Å². The standard InChI is InChI=1S/C22H34ClN7O5/c1-4-17(30-10-8-26-20(22(30)35)27-12-15(25)14(2)24)21(34)28-16(11-19(32)33)18(31)13-29(3)9-6-5-7-23/h8,10,16-17,24-25H,4-7,9,11-13H2,1-3H3,(H,26,27)(H,28,34)(H,32,33). The van der Waals surface area contributed by atoms with E-state index in [1.165, 1.54) is 19.3 Å². The minimum Gasteiger partial charge on any atom is -0.481 e. The average molecular weight is 512 g/mol. The Bertz CT molecular complexity index is 981. The highest BCUT2D eigenvalue weighted by Crippen LogP contribution is 2.11. The third-order valence-electron chi connectivity index (χ3n) is 5.21. The third-order valence-corrected chi connectivity index (χ3v) is 5.48. The van der Waals surface area contributed by atoms with Gasteiger partial charge in [0.1, 0.15) is 6.04 Å². The van der Waals surface area contributed by atoms with E-state index in [4.69, 9.17) is 22.4 Å². The van der Waals surface area contributed by atoms with Crippen LogP contribution in [0, 0.1) is 10.8 Å². The number of likely N-dealkylation sites (N-methyl/N-ethyl adjacent to an activating group) is 1. The number of ketones is 1. The molecule has 0 aromatic carbocycles. The molecule has 5 N–H and O–H groups in total. The van der Waals surface area contributed by atoms with Crippen molar-refractivity contribution in [2.75, 3.05) is 37.9 Å². The lowest BCUT2D eigenvalue weighted by Crippen LogP contribution is -2.49. The summed E-state index contributed by atoms with van der Waals surface area (Å²) < 4.78 is 1.14. The number of alkyl halides is 1. The number of aromatic nitrogens is 2. The molecule has 0 bridgehead atoms. The molecule has 0 aliphatic carbocycles. The maximum Gasteiger partial charge on any atom is 0.305 e. The van der Waals surface area contributed by atoms with Gasteiger partial charge in [-0.2, -0.15) is 0 Å². The Morgan fingerprint density at radius 1 is 1.29 bits per heavy atom. The van der Waals surface area contributed by atoms with Gasteiger partial charge in [-0.15, -0.1) is 11.6 Å². The fraction of sp³-hybridized carbons (Fsp3) is 0.591. The number of unbranched alkanes of at least 4 members (excludes halogenated alkanes) is 1. The molecule has 2 atom stereocenters. The molecule has 0 spiro atoms. The van der Waals surface area contributed by atoms with Gasteiger partial charge < -0.3 is 26.6 Å². The van der Waals surface area contributed by atoms with Crippen molar-refractivity contribution in [3.63, 3.8) is 0 Å². The second-order valence-corrected chi connectivity index (χ2v) is 8.51. The first-order chi connectivity index (χ1) is 16.5. The van der Waals surface area contributed by atoms with Crippen LogP contribution in [0.25, 0.3) is 0 Å². The minimum atomic E-state index is -1.25. The number of anilines is 1. The van der Waals surface area contributed by atoms with Gasteiger partial charge in [-0.05, 0) is 39.8 Å². The number of Topliss-reactive ketones (excluding diaryl/α,β-unsaturated/α-hetero) is 1. The van der Waals surface area contributed by atoms with E-state index in [-0.39, 0.29) is 36.8 Å². The number of hydrogen-bond acceptors (Lipinski definition) is 9. The van der Waals surface area contributed by atoms with Gasteiger partial charge in [-0.3, -0.25) is 28.6 Å². The molecule has 0 aliphatic heterocycles. The van der Waals surface area contributed by atoms with Crippen molar-refractivity contribution in [2.45, 2.75) is 51.6 Å². The molecule has 0 saturated heterocycles. The summed E-state index contributed by atoms with van der Waals surface area (Å²) in [5, 5.41) is 29.6. The Labute approximate surface area is 209 Å². The number of carbonyl (C=O) groups is 3. The van der Waals surface area contributed by atoms with Crippen molar-refractivity contribution in [2.24, 2.45) is 0 Å². The smallest absolute Gasteiger partial charge is 0.305 e. The lowest BCUT2D eigenvalue weighted by atomic mass is 10.1. The van der Waals surface area contributed by atoms with E-state index in [0.29, 0.717) is 12.4 Å². The number of nitrogens with one attached hydrogen (secondary N) is 4. The van der Waals surface area contributed by atoms with Crippen molar-refractivity contribution in [3.8, 4) is 0 Å². The predicted molar refractivity (Wildman–Crippen MR) is 134 cm³/mol. The number of nitrogens with zero attached hydrogens (tertiary/aromatic N) is 3. The van der Waals surface area contributed by atoms with E-state index in [1.54, 1.807) is 18.9 Å². The quantitative estimate of drug-likeness (QED) is 0.117. The number of carbonyl (C=O) groups excluding carboxylic acids is 2. The van der Waals surface area contributed by atoms with Crippen molar-refractivity contribution in [1.29, 1.82) is 10.8 Å². The number of aliphatic carboxylic acids is 1. The van der Waals surface area contributed by atoms with Gasteiger partial charge in [-0.1, -0.05) is 6.92 Å². The minimum absolute atomic E-state index is 0.0194. The van der Waals surface area contributed by atoms with Crippen LogP contribution in [0.1, 0.15) is 45.6 Å². The number of carboxylic acids is 1. The normalized spacial score (nSPS) is 12.6. The van der Waals surface area contributed by atoms with Crippen molar-refractivity contribution in [1.82, 2.24) is 19.8 Å². The zero-order valence-electron chi connectivity index (χ0n) is 20.3. The number of rotatable bonds is 17. The van der Waals surface area contributed by atoms with Crippen LogP contribution in [0.5, 0.6) is 0 Å². The summed E-state index contributed by atoms with van der Waals surface area (Å²) in [6.07, 6.45) is 3.81. The summed E-state index contributed by atoms with van der Waals surface area (Å²) in [6, 6.07) is -2.27. The largest absolute Gasteiger partial charge is 0.481 e. The Balaban J connectivity index is 3.01. The van der Waals surface area contributed by atoms with E-state index in [1.807, 2.05) is 0 Å². The van der Waals surface area contributed by atoms with Crippen LogP contribution >= 0.6 is 11.6 Å². The molecule has 1 aromatic heterocycles. The molecular formula is C22H34ClN7O5. The van der Waals surface area contributed by atoms with Gasteiger partial charge in [0.15, 0.2) is 11.6 Å². The maximum absolute atomic E-state index is 13.0. The van der Waals surface area contributed by atoms with Crippen molar-refractivity contribution >= 4 is 46.5 Å². The van der Waals surface area contributed by atoms with Gasteiger partial charge in [0.25, 0.3) is 5.56 Å². The molecule has 2 unspecified atom stereocenters. The van der Waals surface area contributed by atoms with Crippen molar-refractivity contribution in [3.05, 3.63) is 22.7 Å². The van der Waals surface area contributed by atoms with E-state index in [0.717, 1.165) is 17.4 Å². The molecule has 1 amide bonds. The van der Waals surface area contributed by atoms with Crippen LogP contribution in [0.15, 0.2) is 17.2 Å². The number of hydrogen-bond donors (Lipinski definition) is 5. The topological polar surface area (TPSA) is 181 Å². The molecule has 1 aromatic rings. The van der Waals surface area contributed by atoms with Crippen LogP contribution in [-0.2, 0) is 14.4 Å². The molecule has 35 heavy (non-hydrogen) atoms. The molecule has 0 radical (unpaired) electrons. The van der Waals surface area contributed by atoms with E-state index >= 15 is 0 Å². The monoisotopic (exact) mass is 511 g/mol.